The number of urea groups is 1. The summed E-state index contributed by atoms with van der Waals surface area (Å²) >= 11 is 0. The lowest BCUT2D eigenvalue weighted by Crippen LogP contribution is -2.51. The van der Waals surface area contributed by atoms with Gasteiger partial charge in [-0.2, -0.15) is 0 Å². The second-order valence-electron chi connectivity index (χ2n) is 6.93. The van der Waals surface area contributed by atoms with Crippen molar-refractivity contribution in [3.63, 3.8) is 0 Å². The second-order valence-corrected chi connectivity index (χ2v) is 6.93. The van der Waals surface area contributed by atoms with Gasteiger partial charge in [0.25, 0.3) is 0 Å². The van der Waals surface area contributed by atoms with Gasteiger partial charge in [-0.05, 0) is 24.3 Å². The zero-order valence-corrected chi connectivity index (χ0v) is 16.4. The molecule has 0 bridgehead atoms. The molecular formula is C21H21F2N5O2. The summed E-state index contributed by atoms with van der Waals surface area (Å²) in [6.45, 7) is 2.01. The van der Waals surface area contributed by atoms with Crippen LogP contribution >= 0.6 is 0 Å². The maximum atomic E-state index is 13.4. The van der Waals surface area contributed by atoms with Gasteiger partial charge < -0.3 is 19.9 Å². The van der Waals surface area contributed by atoms with Crippen molar-refractivity contribution < 1.29 is 18.3 Å². The van der Waals surface area contributed by atoms with Crippen LogP contribution in [0.1, 0.15) is 5.69 Å². The monoisotopic (exact) mass is 413 g/mol. The molecule has 1 aliphatic rings. The fourth-order valence-corrected chi connectivity index (χ4v) is 3.46. The van der Waals surface area contributed by atoms with E-state index in [-0.39, 0.29) is 12.6 Å². The Morgan fingerprint density at radius 1 is 1.03 bits per heavy atom. The van der Waals surface area contributed by atoms with E-state index in [1.54, 1.807) is 4.90 Å². The Bertz CT molecular complexity index is 1050. The molecule has 2 aromatic carbocycles. The number of hydrogen-bond donors (Lipinski definition) is 1. The highest BCUT2D eigenvalue weighted by molar-refractivity contribution is 5.76. The fourth-order valence-electron chi connectivity index (χ4n) is 3.46. The van der Waals surface area contributed by atoms with E-state index >= 15 is 0 Å². The normalized spacial score (nSPS) is 14.1. The van der Waals surface area contributed by atoms with Crippen molar-refractivity contribution in [2.24, 2.45) is 0 Å². The topological polar surface area (TPSA) is 70.6 Å². The molecule has 3 aromatic rings. The van der Waals surface area contributed by atoms with Gasteiger partial charge in [0.2, 0.25) is 5.88 Å². The van der Waals surface area contributed by atoms with Gasteiger partial charge in [0, 0.05) is 37.9 Å². The zero-order valence-electron chi connectivity index (χ0n) is 16.4. The Morgan fingerprint density at radius 2 is 1.67 bits per heavy atom. The third-order valence-electron chi connectivity index (χ3n) is 4.99. The first-order valence-corrected chi connectivity index (χ1v) is 9.57. The maximum Gasteiger partial charge on any atom is 0.317 e. The molecule has 2 heterocycles. The molecule has 7 nitrogen and oxygen atoms in total. The molecule has 0 radical (unpaired) electrons. The van der Waals surface area contributed by atoms with Crippen molar-refractivity contribution in [2.75, 3.05) is 38.2 Å². The minimum Gasteiger partial charge on any atom is -0.480 e. The van der Waals surface area contributed by atoms with Crippen molar-refractivity contribution in [1.82, 2.24) is 20.2 Å². The molecule has 0 unspecified atom stereocenters. The highest BCUT2D eigenvalue weighted by Gasteiger charge is 2.22. The largest absolute Gasteiger partial charge is 0.480 e. The molecule has 0 spiro atoms. The number of fused-ring (bicyclic) bond motifs is 1. The van der Waals surface area contributed by atoms with E-state index < -0.39 is 11.6 Å². The van der Waals surface area contributed by atoms with Gasteiger partial charge in [0.15, 0.2) is 0 Å². The predicted molar refractivity (Wildman–Crippen MR) is 108 cm³/mol. The molecule has 9 heteroatoms. The number of benzene rings is 2. The molecule has 0 aliphatic carbocycles. The summed E-state index contributed by atoms with van der Waals surface area (Å²) in [6, 6.07) is 10.6. The first-order chi connectivity index (χ1) is 14.5. The number of methoxy groups -OCH3 is 1. The number of aromatic nitrogens is 2. The van der Waals surface area contributed by atoms with Crippen LogP contribution in [0.15, 0.2) is 42.5 Å². The van der Waals surface area contributed by atoms with Gasteiger partial charge in [-0.15, -0.1) is 0 Å². The number of para-hydroxylation sites is 2. The Kier molecular flexibility index (Phi) is 5.60. The summed E-state index contributed by atoms with van der Waals surface area (Å²) in [7, 11) is 1.51. The third kappa shape index (κ3) is 4.24. The van der Waals surface area contributed by atoms with E-state index in [2.05, 4.69) is 15.3 Å². The van der Waals surface area contributed by atoms with E-state index in [4.69, 9.17) is 4.74 Å². The summed E-state index contributed by atoms with van der Waals surface area (Å²) < 4.78 is 32.2. The molecule has 0 atom stereocenters. The van der Waals surface area contributed by atoms with Crippen LogP contribution < -0.4 is 15.0 Å². The lowest BCUT2D eigenvalue weighted by atomic mass is 10.2. The predicted octanol–water partition coefficient (Wildman–Crippen LogP) is 2.95. The number of amides is 2. The summed E-state index contributed by atoms with van der Waals surface area (Å²) in [5.41, 5.74) is 2.45. The van der Waals surface area contributed by atoms with Crippen LogP contribution in [-0.2, 0) is 6.54 Å². The van der Waals surface area contributed by atoms with Crippen LogP contribution in [0.3, 0.4) is 0 Å². The average molecular weight is 413 g/mol. The molecule has 1 aliphatic heterocycles. The van der Waals surface area contributed by atoms with E-state index in [9.17, 15) is 13.6 Å². The van der Waals surface area contributed by atoms with Gasteiger partial charge in [-0.3, -0.25) is 0 Å². The number of halogens is 2. The molecule has 30 heavy (non-hydrogen) atoms. The summed E-state index contributed by atoms with van der Waals surface area (Å²) in [5.74, 6) is -0.863. The first kappa shape index (κ1) is 19.8. The molecule has 1 fully saturated rings. The molecule has 0 saturated carbocycles. The summed E-state index contributed by atoms with van der Waals surface area (Å²) in [4.78, 5) is 25.0. The summed E-state index contributed by atoms with van der Waals surface area (Å²) in [6.07, 6.45) is 0. The average Bonchev–Trinajstić information content (AvgIpc) is 2.76. The van der Waals surface area contributed by atoms with Crippen LogP contribution in [0.4, 0.5) is 19.3 Å². The smallest absolute Gasteiger partial charge is 0.317 e. The number of nitrogens with one attached hydrogen (secondary N) is 1. The molecule has 1 N–H and O–H groups in total. The first-order valence-electron chi connectivity index (χ1n) is 9.57. The van der Waals surface area contributed by atoms with Gasteiger partial charge in [0.1, 0.15) is 17.3 Å². The second kappa shape index (κ2) is 8.48. The number of anilines is 1. The van der Waals surface area contributed by atoms with Crippen molar-refractivity contribution in [3.05, 3.63) is 59.8 Å². The number of ether oxygens (including phenoxy) is 1. The number of nitrogens with zero attached hydrogens (tertiary/aromatic N) is 4. The highest BCUT2D eigenvalue weighted by atomic mass is 19.1. The zero-order chi connectivity index (χ0) is 21.1. The highest BCUT2D eigenvalue weighted by Crippen LogP contribution is 2.20. The van der Waals surface area contributed by atoms with Gasteiger partial charge >= 0.3 is 6.03 Å². The third-order valence-corrected chi connectivity index (χ3v) is 4.99. The maximum absolute atomic E-state index is 13.4. The van der Waals surface area contributed by atoms with Crippen LogP contribution in [0, 0.1) is 11.6 Å². The molecule has 4 rings (SSSR count). The van der Waals surface area contributed by atoms with E-state index in [0.29, 0.717) is 49.0 Å². The Hall–Kier alpha value is -3.49. The van der Waals surface area contributed by atoms with Crippen molar-refractivity contribution in [3.8, 4) is 5.88 Å². The van der Waals surface area contributed by atoms with Crippen molar-refractivity contribution >= 4 is 22.8 Å². The number of carbonyl (C=O) groups excluding carboxylic acids is 1. The fraction of sp³-hybridized carbons (Fsp3) is 0.286. The Balaban J connectivity index is 1.37. The Morgan fingerprint density at radius 3 is 2.30 bits per heavy atom. The lowest BCUT2D eigenvalue weighted by Gasteiger charge is -2.36. The standard InChI is InChI=1S/C21H21F2N5O2/c1-30-20-19(25-17-4-2-3-5-18(17)26-20)13-24-21(29)28-8-6-27(7-9-28)16-11-14(22)10-15(23)12-16/h2-5,10-12H,6-9,13H2,1H3,(H,24,29). The lowest BCUT2D eigenvalue weighted by molar-refractivity contribution is 0.193. The number of hydrogen-bond acceptors (Lipinski definition) is 5. The van der Waals surface area contributed by atoms with Crippen LogP contribution in [0.25, 0.3) is 11.0 Å². The number of piperazine rings is 1. The van der Waals surface area contributed by atoms with Crippen LogP contribution in [0.2, 0.25) is 0 Å². The molecule has 2 amide bonds. The molecule has 156 valence electrons. The van der Waals surface area contributed by atoms with Gasteiger partial charge in [0.05, 0.1) is 24.7 Å². The number of rotatable bonds is 4. The quantitative estimate of drug-likeness (QED) is 0.712. The van der Waals surface area contributed by atoms with Gasteiger partial charge in [-0.25, -0.2) is 23.5 Å². The Labute approximate surface area is 172 Å². The molecule has 1 aromatic heterocycles. The summed E-state index contributed by atoms with van der Waals surface area (Å²) in [5, 5.41) is 2.85. The van der Waals surface area contributed by atoms with E-state index in [1.165, 1.54) is 19.2 Å². The van der Waals surface area contributed by atoms with Crippen molar-refractivity contribution in [2.45, 2.75) is 6.54 Å². The van der Waals surface area contributed by atoms with E-state index in [0.717, 1.165) is 11.6 Å². The van der Waals surface area contributed by atoms with E-state index in [1.807, 2.05) is 29.2 Å². The van der Waals surface area contributed by atoms with Crippen LogP contribution in [-0.4, -0.2) is 54.2 Å². The molecular weight excluding hydrogens is 392 g/mol. The minimum absolute atomic E-state index is 0.176. The van der Waals surface area contributed by atoms with Crippen molar-refractivity contribution in [1.29, 1.82) is 0 Å². The molecule has 1 saturated heterocycles. The van der Waals surface area contributed by atoms with Gasteiger partial charge in [-0.1, -0.05) is 12.1 Å². The number of carbonyl (C=O) groups is 1. The SMILES string of the molecule is COc1nc2ccccc2nc1CNC(=O)N1CCN(c2cc(F)cc(F)c2)CC1. The minimum atomic E-state index is -0.615. The van der Waals surface area contributed by atoms with Crippen LogP contribution in [0.5, 0.6) is 5.88 Å².